The quantitative estimate of drug-likeness (QED) is 0.763. The van der Waals surface area contributed by atoms with Crippen molar-refractivity contribution < 1.29 is 19.0 Å². The maximum Gasteiger partial charge on any atom is 0.204 e. The van der Waals surface area contributed by atoms with Gasteiger partial charge in [0.2, 0.25) is 5.75 Å². The average Bonchev–Trinajstić information content (AvgIpc) is 2.52. The summed E-state index contributed by atoms with van der Waals surface area (Å²) in [6.45, 7) is 1.85. The van der Waals surface area contributed by atoms with Crippen LogP contribution in [0.3, 0.4) is 0 Å². The zero-order valence-electron chi connectivity index (χ0n) is 12.4. The lowest BCUT2D eigenvalue weighted by Crippen LogP contribution is -2.05. The van der Waals surface area contributed by atoms with E-state index in [1.165, 1.54) is 14.0 Å². The Hall–Kier alpha value is -2.49. The third-order valence-electron chi connectivity index (χ3n) is 3.11. The standard InChI is InChI=1S/C17H18O4/c1-12(18)14-9-10-15(19-2)17(20-3)16(14)21-11-13-7-5-4-6-8-13/h4-10H,11H2,1-3H3. The molecule has 0 aliphatic carbocycles. The van der Waals surface area contributed by atoms with Crippen molar-refractivity contribution in [3.8, 4) is 17.2 Å². The number of ether oxygens (including phenoxy) is 3. The summed E-state index contributed by atoms with van der Waals surface area (Å²) in [7, 11) is 3.07. The molecule has 4 heteroatoms. The molecule has 0 fully saturated rings. The molecule has 2 rings (SSSR count). The van der Waals surface area contributed by atoms with Gasteiger partial charge in [0, 0.05) is 0 Å². The fourth-order valence-corrected chi connectivity index (χ4v) is 2.05. The molecule has 110 valence electrons. The fourth-order valence-electron chi connectivity index (χ4n) is 2.05. The molecule has 21 heavy (non-hydrogen) atoms. The molecule has 4 nitrogen and oxygen atoms in total. The molecular weight excluding hydrogens is 268 g/mol. The summed E-state index contributed by atoms with van der Waals surface area (Å²) >= 11 is 0. The molecule has 0 N–H and O–H groups in total. The van der Waals surface area contributed by atoms with E-state index < -0.39 is 0 Å². The third-order valence-corrected chi connectivity index (χ3v) is 3.11. The number of hydrogen-bond donors (Lipinski definition) is 0. The number of carbonyl (C=O) groups is 1. The second-order valence-corrected chi connectivity index (χ2v) is 4.51. The van der Waals surface area contributed by atoms with E-state index in [0.717, 1.165) is 5.56 Å². The van der Waals surface area contributed by atoms with E-state index in [2.05, 4.69) is 0 Å². The van der Waals surface area contributed by atoms with Gasteiger partial charge in [0.25, 0.3) is 0 Å². The van der Waals surface area contributed by atoms with Crippen LogP contribution in [0, 0.1) is 0 Å². The summed E-state index contributed by atoms with van der Waals surface area (Å²) in [5.41, 5.74) is 1.49. The molecule has 0 bridgehead atoms. The molecule has 0 spiro atoms. The van der Waals surface area contributed by atoms with Gasteiger partial charge in [0.1, 0.15) is 6.61 Å². The molecule has 0 unspecified atom stereocenters. The van der Waals surface area contributed by atoms with Crippen LogP contribution in [0.25, 0.3) is 0 Å². The largest absolute Gasteiger partial charge is 0.493 e. The van der Waals surface area contributed by atoms with E-state index in [-0.39, 0.29) is 5.78 Å². The van der Waals surface area contributed by atoms with Crippen LogP contribution in [0.15, 0.2) is 42.5 Å². The third kappa shape index (κ3) is 3.34. The minimum atomic E-state index is -0.0842. The Bertz CT molecular complexity index is 620. The van der Waals surface area contributed by atoms with Gasteiger partial charge < -0.3 is 14.2 Å². The number of carbonyl (C=O) groups excluding carboxylic acids is 1. The lowest BCUT2D eigenvalue weighted by atomic mass is 10.1. The Morgan fingerprint density at radius 2 is 1.67 bits per heavy atom. The van der Waals surface area contributed by atoms with Crippen molar-refractivity contribution in [3.63, 3.8) is 0 Å². The summed E-state index contributed by atoms with van der Waals surface area (Å²) < 4.78 is 16.4. The van der Waals surface area contributed by atoms with Crippen molar-refractivity contribution in [1.82, 2.24) is 0 Å². The first-order valence-corrected chi connectivity index (χ1v) is 6.60. The molecule has 2 aromatic carbocycles. The van der Waals surface area contributed by atoms with Crippen molar-refractivity contribution in [2.75, 3.05) is 14.2 Å². The molecule has 2 aromatic rings. The summed E-state index contributed by atoms with van der Waals surface area (Å²) in [5.74, 6) is 1.29. The summed E-state index contributed by atoms with van der Waals surface area (Å²) in [5, 5.41) is 0. The second-order valence-electron chi connectivity index (χ2n) is 4.51. The molecule has 0 heterocycles. The Balaban J connectivity index is 2.36. The van der Waals surface area contributed by atoms with Gasteiger partial charge in [0.05, 0.1) is 19.8 Å². The first-order chi connectivity index (χ1) is 10.2. The van der Waals surface area contributed by atoms with Gasteiger partial charge in [-0.05, 0) is 24.6 Å². The number of benzene rings is 2. The molecule has 0 saturated carbocycles. The van der Waals surface area contributed by atoms with E-state index in [9.17, 15) is 4.79 Å². The lowest BCUT2D eigenvalue weighted by molar-refractivity contribution is 0.101. The van der Waals surface area contributed by atoms with Gasteiger partial charge >= 0.3 is 0 Å². The van der Waals surface area contributed by atoms with Crippen LogP contribution in [0.2, 0.25) is 0 Å². The predicted molar refractivity (Wildman–Crippen MR) is 80.3 cm³/mol. The van der Waals surface area contributed by atoms with Gasteiger partial charge in [-0.25, -0.2) is 0 Å². The number of rotatable bonds is 6. The molecule has 0 amide bonds. The Morgan fingerprint density at radius 3 is 2.24 bits per heavy atom. The minimum Gasteiger partial charge on any atom is -0.493 e. The number of Topliss-reactive ketones (excluding diaryl/α,β-unsaturated/α-hetero) is 1. The molecule has 0 radical (unpaired) electrons. The van der Waals surface area contributed by atoms with Gasteiger partial charge in [-0.2, -0.15) is 0 Å². The molecule has 0 aliphatic rings. The fraction of sp³-hybridized carbons (Fsp3) is 0.235. The Kier molecular flexibility index (Phi) is 4.82. The smallest absolute Gasteiger partial charge is 0.204 e. The predicted octanol–water partition coefficient (Wildman–Crippen LogP) is 3.49. The monoisotopic (exact) mass is 286 g/mol. The zero-order valence-corrected chi connectivity index (χ0v) is 12.4. The first kappa shape index (κ1) is 14.9. The first-order valence-electron chi connectivity index (χ1n) is 6.60. The Labute approximate surface area is 124 Å². The number of methoxy groups -OCH3 is 2. The number of ketones is 1. The molecular formula is C17H18O4. The van der Waals surface area contributed by atoms with Crippen LogP contribution in [-0.2, 0) is 6.61 Å². The van der Waals surface area contributed by atoms with Gasteiger partial charge in [0.15, 0.2) is 17.3 Å². The second kappa shape index (κ2) is 6.79. The maximum atomic E-state index is 11.8. The number of hydrogen-bond acceptors (Lipinski definition) is 4. The van der Waals surface area contributed by atoms with Crippen LogP contribution in [0.5, 0.6) is 17.2 Å². The average molecular weight is 286 g/mol. The normalized spacial score (nSPS) is 10.0. The molecule has 0 aliphatic heterocycles. The highest BCUT2D eigenvalue weighted by Gasteiger charge is 2.19. The van der Waals surface area contributed by atoms with Crippen LogP contribution in [0.4, 0.5) is 0 Å². The summed E-state index contributed by atoms with van der Waals surface area (Å²) in [6, 6.07) is 13.1. The van der Waals surface area contributed by atoms with Crippen LogP contribution in [-0.4, -0.2) is 20.0 Å². The van der Waals surface area contributed by atoms with Crippen molar-refractivity contribution >= 4 is 5.78 Å². The SMILES string of the molecule is COc1ccc(C(C)=O)c(OCc2ccccc2)c1OC. The van der Waals surface area contributed by atoms with Crippen LogP contribution < -0.4 is 14.2 Å². The maximum absolute atomic E-state index is 11.8. The van der Waals surface area contributed by atoms with Crippen molar-refractivity contribution in [2.45, 2.75) is 13.5 Å². The van der Waals surface area contributed by atoms with E-state index in [1.54, 1.807) is 19.2 Å². The van der Waals surface area contributed by atoms with Gasteiger partial charge in [-0.3, -0.25) is 4.79 Å². The van der Waals surface area contributed by atoms with Crippen molar-refractivity contribution in [2.24, 2.45) is 0 Å². The Morgan fingerprint density at radius 1 is 0.952 bits per heavy atom. The highest BCUT2D eigenvalue weighted by atomic mass is 16.5. The molecule has 0 aromatic heterocycles. The van der Waals surface area contributed by atoms with E-state index in [1.807, 2.05) is 30.3 Å². The van der Waals surface area contributed by atoms with Crippen molar-refractivity contribution in [1.29, 1.82) is 0 Å². The molecule has 0 atom stereocenters. The van der Waals surface area contributed by atoms with Crippen LogP contribution in [0.1, 0.15) is 22.8 Å². The van der Waals surface area contributed by atoms with Crippen LogP contribution >= 0.6 is 0 Å². The highest BCUT2D eigenvalue weighted by molar-refractivity contribution is 5.98. The molecule has 0 saturated heterocycles. The van der Waals surface area contributed by atoms with E-state index >= 15 is 0 Å². The van der Waals surface area contributed by atoms with E-state index in [4.69, 9.17) is 14.2 Å². The van der Waals surface area contributed by atoms with Gasteiger partial charge in [-0.15, -0.1) is 0 Å². The zero-order chi connectivity index (χ0) is 15.2. The van der Waals surface area contributed by atoms with Crippen molar-refractivity contribution in [3.05, 3.63) is 53.6 Å². The summed E-state index contributed by atoms with van der Waals surface area (Å²) in [4.78, 5) is 11.8. The summed E-state index contributed by atoms with van der Waals surface area (Å²) in [6.07, 6.45) is 0. The van der Waals surface area contributed by atoms with Gasteiger partial charge in [-0.1, -0.05) is 30.3 Å². The van der Waals surface area contributed by atoms with E-state index in [0.29, 0.717) is 29.4 Å². The highest BCUT2D eigenvalue weighted by Crippen LogP contribution is 2.40. The topological polar surface area (TPSA) is 44.8 Å². The minimum absolute atomic E-state index is 0.0842. The lowest BCUT2D eigenvalue weighted by Gasteiger charge is -2.16.